The minimum atomic E-state index is -0.960. The van der Waals surface area contributed by atoms with Crippen molar-refractivity contribution in [1.82, 2.24) is 10.6 Å². The number of carboxylic acid groups (broad SMARTS) is 1. The van der Waals surface area contributed by atoms with Crippen molar-refractivity contribution in [2.45, 2.75) is 39.7 Å². The number of nitrogens with one attached hydrogen (secondary N) is 2. The Bertz CT molecular complexity index is 261. The van der Waals surface area contributed by atoms with Crippen LogP contribution in [0.3, 0.4) is 0 Å². The molecule has 0 spiro atoms. The molecule has 0 aliphatic heterocycles. The molecule has 0 heterocycles. The lowest BCUT2D eigenvalue weighted by molar-refractivity contribution is -0.136. The van der Waals surface area contributed by atoms with Crippen molar-refractivity contribution in [3.63, 3.8) is 0 Å². The Morgan fingerprint density at radius 2 is 1.82 bits per heavy atom. The third-order valence-corrected chi connectivity index (χ3v) is 1.97. The molecule has 17 heavy (non-hydrogen) atoms. The van der Waals surface area contributed by atoms with Gasteiger partial charge in [0.15, 0.2) is 0 Å². The van der Waals surface area contributed by atoms with E-state index in [1.54, 1.807) is 0 Å². The van der Waals surface area contributed by atoms with Crippen LogP contribution in [0.4, 0.5) is 4.79 Å². The highest BCUT2D eigenvalue weighted by atomic mass is 16.4. The molecule has 6 heteroatoms. The summed E-state index contributed by atoms with van der Waals surface area (Å²) >= 11 is 0. The highest BCUT2D eigenvalue weighted by molar-refractivity contribution is 5.74. The molecule has 0 saturated carbocycles. The molecule has 1 atom stereocenters. The van der Waals surface area contributed by atoms with Crippen LogP contribution in [0.5, 0.6) is 0 Å². The first-order valence-electron chi connectivity index (χ1n) is 5.62. The summed E-state index contributed by atoms with van der Waals surface area (Å²) in [6.45, 7) is 6.25. The van der Waals surface area contributed by atoms with E-state index < -0.39 is 18.1 Å². The minimum Gasteiger partial charge on any atom is -0.481 e. The molecule has 0 aliphatic carbocycles. The number of aliphatic hydroxyl groups excluding tert-OH is 1. The number of rotatable bonds is 6. The van der Waals surface area contributed by atoms with Crippen LogP contribution in [0, 0.1) is 5.41 Å². The van der Waals surface area contributed by atoms with Gasteiger partial charge in [0.05, 0.1) is 12.5 Å². The van der Waals surface area contributed by atoms with Gasteiger partial charge in [-0.15, -0.1) is 0 Å². The summed E-state index contributed by atoms with van der Waals surface area (Å²) in [6.07, 6.45) is -0.124. The fourth-order valence-corrected chi connectivity index (χ4v) is 1.34. The van der Waals surface area contributed by atoms with Gasteiger partial charge in [-0.25, -0.2) is 4.79 Å². The summed E-state index contributed by atoms with van der Waals surface area (Å²) < 4.78 is 0. The Hall–Kier alpha value is -1.30. The van der Waals surface area contributed by atoms with Gasteiger partial charge in [0.1, 0.15) is 0 Å². The Kier molecular flexibility index (Phi) is 6.57. The molecule has 2 amide bonds. The van der Waals surface area contributed by atoms with Crippen molar-refractivity contribution in [2.75, 3.05) is 13.1 Å². The van der Waals surface area contributed by atoms with Crippen LogP contribution in [0.25, 0.3) is 0 Å². The average Bonchev–Trinajstić information content (AvgIpc) is 2.11. The molecule has 6 nitrogen and oxygen atoms in total. The summed E-state index contributed by atoms with van der Waals surface area (Å²) in [5, 5.41) is 22.8. The Balaban J connectivity index is 3.66. The second kappa shape index (κ2) is 7.11. The lowest BCUT2D eigenvalue weighted by Gasteiger charge is -2.22. The molecule has 0 bridgehead atoms. The van der Waals surface area contributed by atoms with E-state index in [0.29, 0.717) is 6.42 Å². The second-order valence-corrected chi connectivity index (χ2v) is 5.20. The Labute approximate surface area is 101 Å². The van der Waals surface area contributed by atoms with E-state index in [4.69, 9.17) is 5.11 Å². The molecule has 100 valence electrons. The van der Waals surface area contributed by atoms with Crippen LogP contribution in [0.15, 0.2) is 0 Å². The number of carbonyl (C=O) groups excluding carboxylic acids is 1. The van der Waals surface area contributed by atoms with Gasteiger partial charge >= 0.3 is 12.0 Å². The van der Waals surface area contributed by atoms with E-state index in [9.17, 15) is 14.7 Å². The molecule has 0 aromatic heterocycles. The van der Waals surface area contributed by atoms with Crippen molar-refractivity contribution in [3.8, 4) is 0 Å². The number of hydrogen-bond acceptors (Lipinski definition) is 3. The largest absolute Gasteiger partial charge is 0.481 e. The summed E-state index contributed by atoms with van der Waals surface area (Å²) in [5.41, 5.74) is 0.000873. The number of aliphatic carboxylic acids is 1. The maximum absolute atomic E-state index is 11.2. The van der Waals surface area contributed by atoms with Gasteiger partial charge < -0.3 is 20.8 Å². The van der Waals surface area contributed by atoms with Crippen LogP contribution in [-0.4, -0.2) is 41.4 Å². The molecular weight excluding hydrogens is 224 g/mol. The highest BCUT2D eigenvalue weighted by Gasteiger charge is 2.16. The minimum absolute atomic E-state index is 0.000873. The molecule has 0 aromatic rings. The van der Waals surface area contributed by atoms with Gasteiger partial charge in [-0.3, -0.25) is 4.79 Å². The van der Waals surface area contributed by atoms with E-state index in [-0.39, 0.29) is 24.9 Å². The number of urea groups is 1. The van der Waals surface area contributed by atoms with Gasteiger partial charge in [0, 0.05) is 13.1 Å². The maximum Gasteiger partial charge on any atom is 0.314 e. The van der Waals surface area contributed by atoms with Crippen molar-refractivity contribution < 1.29 is 19.8 Å². The third kappa shape index (κ3) is 11.0. The zero-order chi connectivity index (χ0) is 13.5. The van der Waals surface area contributed by atoms with Crippen molar-refractivity contribution in [1.29, 1.82) is 0 Å². The predicted molar refractivity (Wildman–Crippen MR) is 63.7 cm³/mol. The second-order valence-electron chi connectivity index (χ2n) is 5.20. The molecule has 0 fully saturated rings. The van der Waals surface area contributed by atoms with Crippen LogP contribution in [0.1, 0.15) is 33.6 Å². The van der Waals surface area contributed by atoms with Crippen LogP contribution in [-0.2, 0) is 4.79 Å². The van der Waals surface area contributed by atoms with E-state index in [1.165, 1.54) is 0 Å². The predicted octanol–water partition coefficient (Wildman–Crippen LogP) is 0.557. The number of aliphatic hydroxyl groups is 1. The molecule has 1 unspecified atom stereocenters. The number of amides is 2. The van der Waals surface area contributed by atoms with E-state index in [2.05, 4.69) is 10.6 Å². The Morgan fingerprint density at radius 3 is 2.29 bits per heavy atom. The SMILES string of the molecule is CC(C)(C)CC(O)CNC(=O)NCCC(=O)O. The molecule has 0 saturated heterocycles. The third-order valence-electron chi connectivity index (χ3n) is 1.97. The van der Waals surface area contributed by atoms with Crippen LogP contribution >= 0.6 is 0 Å². The number of carbonyl (C=O) groups is 2. The summed E-state index contributed by atoms with van der Waals surface area (Å²) in [6, 6.07) is -0.459. The highest BCUT2D eigenvalue weighted by Crippen LogP contribution is 2.20. The fourth-order valence-electron chi connectivity index (χ4n) is 1.34. The first-order valence-corrected chi connectivity index (χ1v) is 5.62. The average molecular weight is 246 g/mol. The smallest absolute Gasteiger partial charge is 0.314 e. The zero-order valence-corrected chi connectivity index (χ0v) is 10.6. The van der Waals surface area contributed by atoms with E-state index >= 15 is 0 Å². The van der Waals surface area contributed by atoms with Gasteiger partial charge in [-0.1, -0.05) is 20.8 Å². The number of hydrogen-bond donors (Lipinski definition) is 4. The molecule has 0 radical (unpaired) electrons. The monoisotopic (exact) mass is 246 g/mol. The quantitative estimate of drug-likeness (QED) is 0.550. The summed E-state index contributed by atoms with van der Waals surface area (Å²) in [4.78, 5) is 21.4. The zero-order valence-electron chi connectivity index (χ0n) is 10.6. The molecule has 0 rings (SSSR count). The molecule has 4 N–H and O–H groups in total. The van der Waals surface area contributed by atoms with Gasteiger partial charge in [-0.05, 0) is 11.8 Å². The van der Waals surface area contributed by atoms with Gasteiger partial charge in [-0.2, -0.15) is 0 Å². The summed E-state index contributed by atoms with van der Waals surface area (Å²) in [7, 11) is 0. The first-order chi connectivity index (χ1) is 7.70. The lowest BCUT2D eigenvalue weighted by atomic mass is 9.89. The topological polar surface area (TPSA) is 98.7 Å². The lowest BCUT2D eigenvalue weighted by Crippen LogP contribution is -2.41. The van der Waals surface area contributed by atoms with Crippen molar-refractivity contribution >= 4 is 12.0 Å². The first kappa shape index (κ1) is 15.7. The standard InChI is InChI=1S/C11H22N2O4/c1-11(2,3)6-8(14)7-13-10(17)12-5-4-9(15)16/h8,14H,4-7H2,1-3H3,(H,15,16)(H2,12,13,17). The van der Waals surface area contributed by atoms with E-state index in [0.717, 1.165) is 0 Å². The van der Waals surface area contributed by atoms with Crippen molar-refractivity contribution in [2.24, 2.45) is 5.41 Å². The number of carboxylic acids is 1. The molecule has 0 aromatic carbocycles. The van der Waals surface area contributed by atoms with Gasteiger partial charge in [0.25, 0.3) is 0 Å². The fraction of sp³-hybridized carbons (Fsp3) is 0.818. The molecular formula is C11H22N2O4. The van der Waals surface area contributed by atoms with Gasteiger partial charge in [0.2, 0.25) is 0 Å². The Morgan fingerprint density at radius 1 is 1.24 bits per heavy atom. The maximum atomic E-state index is 11.2. The van der Waals surface area contributed by atoms with E-state index in [1.807, 2.05) is 20.8 Å². The normalized spacial score (nSPS) is 12.9. The molecule has 0 aliphatic rings. The van der Waals surface area contributed by atoms with Crippen molar-refractivity contribution in [3.05, 3.63) is 0 Å². The van der Waals surface area contributed by atoms with Crippen LogP contribution < -0.4 is 10.6 Å². The summed E-state index contributed by atoms with van der Waals surface area (Å²) in [5.74, 6) is -0.960. The van der Waals surface area contributed by atoms with Crippen LogP contribution in [0.2, 0.25) is 0 Å².